The predicted molar refractivity (Wildman–Crippen MR) is 280 cm³/mol. The van der Waals surface area contributed by atoms with Gasteiger partial charge in [0.25, 0.3) is 21.6 Å². The summed E-state index contributed by atoms with van der Waals surface area (Å²) in [6.45, 7) is 11.2. The predicted octanol–water partition coefficient (Wildman–Crippen LogP) is 10.4. The maximum atomic E-state index is 14.2. The summed E-state index contributed by atoms with van der Waals surface area (Å²) in [5, 5.41) is 26.4. The standard InChI is InChI=1S/C56H64F2N8O7S/c1-36(2)44-6-4-5-7-45(44)51-35-63(34-38-8-12-47(57)48(58)26-38)24-25-65(51)41-30-56(31-41)19-22-64(23-20-56)40-9-11-46(52(28-40)73-42-27-39-16-21-59-53(39)61-33-42)54(67)62-74(71,72)43-10-13-49(50(29-43)66(69)70)60-32-37-14-17-55(3,68)18-15-37/h4-13,16,21,26-29,33,36-37,41,51,60,68H,14-15,17-20,22-25,30-32,34-35H2,1-3H3,(H,59,61)(H,62,67). The maximum Gasteiger partial charge on any atom is 0.293 e. The zero-order valence-electron chi connectivity index (χ0n) is 42.0. The number of benzene rings is 4. The molecule has 10 rings (SSSR count). The van der Waals surface area contributed by atoms with E-state index in [0.717, 1.165) is 94.0 Å². The molecule has 1 amide bonds. The molecule has 4 fully saturated rings. The number of amides is 1. The van der Waals surface area contributed by atoms with Crippen LogP contribution in [0.25, 0.3) is 11.0 Å². The molecular formula is C56H64F2N8O7S. The number of hydrogen-bond acceptors (Lipinski definition) is 12. The van der Waals surface area contributed by atoms with Crippen molar-refractivity contribution in [3.63, 3.8) is 0 Å². The van der Waals surface area contributed by atoms with Gasteiger partial charge in [-0.3, -0.25) is 24.7 Å². The number of carbonyl (C=O) groups excluding carboxylic acids is 1. The van der Waals surface area contributed by atoms with Gasteiger partial charge in [0.2, 0.25) is 0 Å². The lowest BCUT2D eigenvalue weighted by atomic mass is 9.59. The van der Waals surface area contributed by atoms with E-state index < -0.39 is 48.7 Å². The molecule has 4 aromatic carbocycles. The molecule has 74 heavy (non-hydrogen) atoms. The van der Waals surface area contributed by atoms with Crippen molar-refractivity contribution < 1.29 is 36.8 Å². The number of rotatable bonds is 15. The molecule has 15 nitrogen and oxygen atoms in total. The number of nitrogens with zero attached hydrogens (tertiary/aromatic N) is 5. The number of nitro benzene ring substituents is 1. The van der Waals surface area contributed by atoms with Crippen molar-refractivity contribution in [1.82, 2.24) is 24.5 Å². The quantitative estimate of drug-likeness (QED) is 0.0564. The second kappa shape index (κ2) is 20.7. The number of pyridine rings is 1. The van der Waals surface area contributed by atoms with E-state index in [9.17, 15) is 37.2 Å². The molecule has 0 radical (unpaired) electrons. The summed E-state index contributed by atoms with van der Waals surface area (Å²) in [6, 6.07) is 25.6. The van der Waals surface area contributed by atoms with Gasteiger partial charge in [-0.1, -0.05) is 44.2 Å². The third kappa shape index (κ3) is 11.0. The monoisotopic (exact) mass is 1030 g/mol. The number of halogens is 2. The fourth-order valence-corrected chi connectivity index (χ4v) is 12.8. The second-order valence-electron chi connectivity index (χ2n) is 21.6. The fourth-order valence-electron chi connectivity index (χ4n) is 11.8. The van der Waals surface area contributed by atoms with Crippen molar-refractivity contribution in [2.75, 3.05) is 49.5 Å². The lowest BCUT2D eigenvalue weighted by molar-refractivity contribution is -0.384. The minimum Gasteiger partial charge on any atom is -0.455 e. The van der Waals surface area contributed by atoms with Crippen LogP contribution in [0.5, 0.6) is 11.5 Å². The van der Waals surface area contributed by atoms with Crippen LogP contribution in [0.2, 0.25) is 0 Å². The number of aromatic amines is 1. The van der Waals surface area contributed by atoms with Gasteiger partial charge in [-0.2, -0.15) is 0 Å². The summed E-state index contributed by atoms with van der Waals surface area (Å²) in [7, 11) is -4.61. The van der Waals surface area contributed by atoms with E-state index in [1.807, 2.05) is 6.07 Å². The van der Waals surface area contributed by atoms with Crippen molar-refractivity contribution >= 4 is 44.0 Å². The number of carbonyl (C=O) groups is 1. The number of fused-ring (bicyclic) bond motifs is 1. The molecular weight excluding hydrogens is 967 g/mol. The van der Waals surface area contributed by atoms with Gasteiger partial charge in [-0.05, 0) is 141 Å². The van der Waals surface area contributed by atoms with Gasteiger partial charge in [-0.15, -0.1) is 0 Å². The van der Waals surface area contributed by atoms with E-state index in [4.69, 9.17) is 4.74 Å². The zero-order chi connectivity index (χ0) is 51.9. The number of aromatic nitrogens is 2. The van der Waals surface area contributed by atoms with Gasteiger partial charge >= 0.3 is 0 Å². The lowest BCUT2D eigenvalue weighted by Gasteiger charge is -2.58. The fraction of sp³-hybridized carbons (Fsp3) is 0.429. The van der Waals surface area contributed by atoms with E-state index in [-0.39, 0.29) is 34.4 Å². The zero-order valence-corrected chi connectivity index (χ0v) is 42.8. The average Bonchev–Trinajstić information content (AvgIpc) is 3.84. The Kier molecular flexibility index (Phi) is 14.3. The summed E-state index contributed by atoms with van der Waals surface area (Å²) < 4.78 is 64.2. The SMILES string of the molecule is CC(C)c1ccccc1C1CN(Cc2ccc(F)c(F)c2)CCN1C1CC2(CCN(c3ccc(C(=O)NS(=O)(=O)c4ccc(NCC5CCC(C)(O)CC5)c([N+](=O)[O-])c4)c(Oc4cnc5[nH]ccc5c4)c3)CC2)C1. The lowest BCUT2D eigenvalue weighted by Crippen LogP contribution is -2.60. The van der Waals surface area contributed by atoms with Gasteiger partial charge in [0, 0.05) is 87.3 Å². The van der Waals surface area contributed by atoms with Crippen molar-refractivity contribution in [2.24, 2.45) is 11.3 Å². The number of nitrogens with one attached hydrogen (secondary N) is 3. The van der Waals surface area contributed by atoms with Crippen LogP contribution in [0.3, 0.4) is 0 Å². The Labute approximate surface area is 430 Å². The molecule has 2 saturated heterocycles. The van der Waals surface area contributed by atoms with Crippen LogP contribution in [0.4, 0.5) is 25.8 Å². The third-order valence-corrected chi connectivity index (χ3v) is 17.5. The number of hydrogen-bond donors (Lipinski definition) is 4. The van der Waals surface area contributed by atoms with E-state index in [1.165, 1.54) is 41.6 Å². The van der Waals surface area contributed by atoms with E-state index in [0.29, 0.717) is 49.3 Å². The molecule has 1 unspecified atom stereocenters. The van der Waals surface area contributed by atoms with E-state index in [2.05, 4.69) is 72.8 Å². The Morgan fingerprint density at radius 3 is 2.46 bits per heavy atom. The molecule has 6 aromatic rings. The summed E-state index contributed by atoms with van der Waals surface area (Å²) in [5.74, 6) is -1.67. The molecule has 18 heteroatoms. The van der Waals surface area contributed by atoms with Gasteiger partial charge in [-0.25, -0.2) is 26.9 Å². The average molecular weight is 1030 g/mol. The highest BCUT2D eigenvalue weighted by atomic mass is 32.2. The Hall–Kier alpha value is -6.47. The van der Waals surface area contributed by atoms with Crippen LogP contribution < -0.4 is 19.7 Å². The number of H-pyrrole nitrogens is 1. The van der Waals surface area contributed by atoms with Crippen molar-refractivity contribution in [3.05, 3.63) is 147 Å². The summed E-state index contributed by atoms with van der Waals surface area (Å²) in [6.07, 6.45) is 10.1. The van der Waals surface area contributed by atoms with Crippen LogP contribution in [-0.2, 0) is 16.6 Å². The van der Waals surface area contributed by atoms with Gasteiger partial charge in [0.15, 0.2) is 11.6 Å². The minimum atomic E-state index is -4.61. The molecule has 2 aliphatic carbocycles. The number of piperazine rings is 1. The Balaban J connectivity index is 0.832. The third-order valence-electron chi connectivity index (χ3n) is 16.1. The number of piperidine rings is 1. The minimum absolute atomic E-state index is 0.0560. The van der Waals surface area contributed by atoms with Crippen LogP contribution in [0.1, 0.15) is 111 Å². The largest absolute Gasteiger partial charge is 0.455 e. The second-order valence-corrected chi connectivity index (χ2v) is 23.3. The van der Waals surface area contributed by atoms with Gasteiger partial charge in [0.1, 0.15) is 22.8 Å². The highest BCUT2D eigenvalue weighted by molar-refractivity contribution is 7.90. The highest BCUT2D eigenvalue weighted by Gasteiger charge is 2.50. The first kappa shape index (κ1) is 51.0. The van der Waals surface area contributed by atoms with Crippen LogP contribution in [0.15, 0.2) is 108 Å². The molecule has 390 valence electrons. The molecule has 1 atom stereocenters. The van der Waals surface area contributed by atoms with Crippen molar-refractivity contribution in [3.8, 4) is 11.5 Å². The van der Waals surface area contributed by atoms with Crippen LogP contribution >= 0.6 is 0 Å². The summed E-state index contributed by atoms with van der Waals surface area (Å²) >= 11 is 0. The molecule has 2 saturated carbocycles. The van der Waals surface area contributed by atoms with Crippen LogP contribution in [-0.4, -0.2) is 95.0 Å². The number of ether oxygens (including phenoxy) is 1. The van der Waals surface area contributed by atoms with Gasteiger partial charge < -0.3 is 25.0 Å². The number of anilines is 2. The topological polar surface area (TPSA) is 186 Å². The Morgan fingerprint density at radius 2 is 1.72 bits per heavy atom. The summed E-state index contributed by atoms with van der Waals surface area (Å²) in [5.41, 5.74) is 3.94. The Morgan fingerprint density at radius 1 is 0.946 bits per heavy atom. The smallest absolute Gasteiger partial charge is 0.293 e. The molecule has 0 bridgehead atoms. The number of nitro groups is 1. The van der Waals surface area contributed by atoms with Gasteiger partial charge in [0.05, 0.1) is 27.2 Å². The first-order chi connectivity index (χ1) is 35.4. The van der Waals surface area contributed by atoms with Crippen LogP contribution in [0, 0.1) is 33.1 Å². The molecule has 4 heterocycles. The maximum absolute atomic E-state index is 14.2. The van der Waals surface area contributed by atoms with Crippen molar-refractivity contribution in [1.29, 1.82) is 0 Å². The molecule has 1 spiro atoms. The first-order valence-corrected chi connectivity index (χ1v) is 27.2. The molecule has 4 N–H and O–H groups in total. The summed E-state index contributed by atoms with van der Waals surface area (Å²) in [4.78, 5) is 40.0. The normalized spacial score (nSPS) is 21.7. The molecule has 2 aromatic heterocycles. The first-order valence-electron chi connectivity index (χ1n) is 25.7. The van der Waals surface area contributed by atoms with E-state index in [1.54, 1.807) is 43.5 Å². The molecule has 4 aliphatic rings. The number of sulfonamides is 1. The Bertz CT molecular complexity index is 3160. The number of aliphatic hydroxyl groups is 1. The van der Waals surface area contributed by atoms with E-state index >= 15 is 0 Å². The highest BCUT2D eigenvalue weighted by Crippen LogP contribution is 2.53. The molecule has 2 aliphatic heterocycles. The van der Waals surface area contributed by atoms with Crippen molar-refractivity contribution in [2.45, 2.75) is 107 Å².